The van der Waals surface area contributed by atoms with Crippen molar-refractivity contribution in [3.63, 3.8) is 0 Å². The zero-order chi connectivity index (χ0) is 29.7. The van der Waals surface area contributed by atoms with Crippen LogP contribution < -0.4 is 5.73 Å². The summed E-state index contributed by atoms with van der Waals surface area (Å²) < 4.78 is 14.2. The van der Waals surface area contributed by atoms with Gasteiger partial charge in [-0.2, -0.15) is 5.10 Å². The van der Waals surface area contributed by atoms with Crippen LogP contribution in [0.4, 0.5) is 0 Å². The van der Waals surface area contributed by atoms with Crippen molar-refractivity contribution in [1.82, 2.24) is 14.3 Å². The lowest BCUT2D eigenvalue weighted by molar-refractivity contribution is -0.141. The van der Waals surface area contributed by atoms with Crippen LogP contribution in [0.15, 0.2) is 28.9 Å². The van der Waals surface area contributed by atoms with E-state index in [1.807, 2.05) is 23.7 Å². The quantitative estimate of drug-likeness (QED) is 0.180. The highest BCUT2D eigenvalue weighted by atomic mass is 35.5. The molecule has 0 unspecified atom stereocenters. The average Bonchev–Trinajstić information content (AvgIpc) is 3.61. The number of rotatable bonds is 12. The number of benzene rings is 1. The number of carbonyl (C=O) groups is 2. The Hall–Kier alpha value is -3.28. The Kier molecular flexibility index (Phi) is 10.2. The summed E-state index contributed by atoms with van der Waals surface area (Å²) >= 11 is 8.57. The maximum atomic E-state index is 13.0. The van der Waals surface area contributed by atoms with Crippen LogP contribution in [0.3, 0.4) is 0 Å². The molecule has 0 bridgehead atoms. The molecular formula is C29H36ClN5O5S. The van der Waals surface area contributed by atoms with Crippen LogP contribution in [-0.4, -0.2) is 70.2 Å². The average molecular weight is 602 g/mol. The fraction of sp³-hybridized carbons (Fsp3) is 0.448. The Bertz CT molecular complexity index is 1520. The molecule has 2 aromatic heterocycles. The summed E-state index contributed by atoms with van der Waals surface area (Å²) in [4.78, 5) is 28.3. The molecule has 3 heterocycles. The van der Waals surface area contributed by atoms with Gasteiger partial charge in [0.2, 0.25) is 0 Å². The Balaban J connectivity index is 1.79. The molecule has 10 nitrogen and oxygen atoms in total. The number of aliphatic hydroxyl groups excluding tert-OH is 1. The molecule has 0 radical (unpaired) electrons. The van der Waals surface area contributed by atoms with E-state index in [0.29, 0.717) is 46.5 Å². The summed E-state index contributed by atoms with van der Waals surface area (Å²) in [5, 5.41) is 15.8. The number of aryl methyl sites for hydroxylation is 3. The Morgan fingerprint density at radius 1 is 1.32 bits per heavy atom. The highest BCUT2D eigenvalue weighted by Crippen LogP contribution is 2.44. The van der Waals surface area contributed by atoms with E-state index in [9.17, 15) is 14.7 Å². The zero-order valence-corrected chi connectivity index (χ0v) is 25.4. The van der Waals surface area contributed by atoms with Gasteiger partial charge in [-0.25, -0.2) is 4.79 Å². The molecule has 0 atom stereocenters. The second-order valence-corrected chi connectivity index (χ2v) is 11.2. The van der Waals surface area contributed by atoms with E-state index >= 15 is 0 Å². The first-order valence-corrected chi connectivity index (χ1v) is 15.0. The molecule has 220 valence electrons. The highest BCUT2D eigenvalue weighted by Gasteiger charge is 2.30. The number of aliphatic hydroxyl groups is 1. The minimum atomic E-state index is -0.440. The van der Waals surface area contributed by atoms with Crippen molar-refractivity contribution in [3.8, 4) is 11.1 Å². The molecular weight excluding hydrogens is 566 g/mol. The van der Waals surface area contributed by atoms with E-state index in [0.717, 1.165) is 58.4 Å². The first-order chi connectivity index (χ1) is 19.7. The number of hydrogen-bond donors (Lipinski definition) is 2. The predicted molar refractivity (Wildman–Crippen MR) is 163 cm³/mol. The lowest BCUT2D eigenvalue weighted by Gasteiger charge is -2.12. The summed E-state index contributed by atoms with van der Waals surface area (Å²) in [7, 11) is 4.83. The van der Waals surface area contributed by atoms with E-state index < -0.39 is 5.97 Å². The topological polar surface area (TPSA) is 134 Å². The number of carbonyl (C=O) groups excluding carboxylic acids is 2. The van der Waals surface area contributed by atoms with Crippen LogP contribution in [0, 0.1) is 0 Å². The van der Waals surface area contributed by atoms with Crippen LogP contribution in [0.2, 0.25) is 5.02 Å². The third kappa shape index (κ3) is 6.47. The standard InChI is InChI=1S/C29H36ClN5O5S/c1-17(37)40-12-6-7-20-21-9-10-22(30)25(27(21)34(3)28(20)29(38)39-4)26-23(33-35-11-5-8-24(26)35)16-41-15-18(31)13-19(14-36)32-2/h9-10,13,36H,5-8,11-12,14-16,31H2,1-4H3/b18-13-,32-19?. The van der Waals surface area contributed by atoms with Crippen LogP contribution in [0.1, 0.15) is 47.2 Å². The largest absolute Gasteiger partial charge is 0.466 e. The molecule has 0 aliphatic carbocycles. The van der Waals surface area contributed by atoms with Gasteiger partial charge in [0, 0.05) is 67.0 Å². The van der Waals surface area contributed by atoms with Crippen molar-refractivity contribution in [2.75, 3.05) is 33.1 Å². The fourth-order valence-corrected chi connectivity index (χ4v) is 6.46. The number of aromatic nitrogens is 3. The van der Waals surface area contributed by atoms with E-state index in [2.05, 4.69) is 9.67 Å². The van der Waals surface area contributed by atoms with Gasteiger partial charge in [0.05, 0.1) is 42.3 Å². The molecule has 3 N–H and O–H groups in total. The number of fused-ring (bicyclic) bond motifs is 2. The summed E-state index contributed by atoms with van der Waals surface area (Å²) in [6, 6.07) is 3.81. The van der Waals surface area contributed by atoms with E-state index in [1.165, 1.54) is 14.0 Å². The molecule has 1 aliphatic heterocycles. The van der Waals surface area contributed by atoms with Gasteiger partial charge in [-0.15, -0.1) is 11.8 Å². The Labute approximate surface area is 248 Å². The number of ether oxygens (including phenoxy) is 2. The predicted octanol–water partition coefficient (Wildman–Crippen LogP) is 4.06. The maximum absolute atomic E-state index is 13.0. The van der Waals surface area contributed by atoms with E-state index in [-0.39, 0.29) is 19.2 Å². The van der Waals surface area contributed by atoms with Crippen molar-refractivity contribution >= 4 is 51.9 Å². The van der Waals surface area contributed by atoms with Gasteiger partial charge in [-0.05, 0) is 43.4 Å². The second kappa shape index (κ2) is 13.6. The minimum absolute atomic E-state index is 0.168. The van der Waals surface area contributed by atoms with Crippen molar-refractivity contribution in [2.45, 2.75) is 44.9 Å². The van der Waals surface area contributed by atoms with Gasteiger partial charge in [-0.1, -0.05) is 17.7 Å². The molecule has 4 rings (SSSR count). The second-order valence-electron chi connectivity index (χ2n) is 9.82. The first kappa shape index (κ1) is 30.7. The van der Waals surface area contributed by atoms with Crippen molar-refractivity contribution in [1.29, 1.82) is 0 Å². The van der Waals surface area contributed by atoms with Crippen molar-refractivity contribution in [2.24, 2.45) is 17.8 Å². The smallest absolute Gasteiger partial charge is 0.354 e. The molecule has 41 heavy (non-hydrogen) atoms. The normalized spacial score (nSPS) is 13.6. The number of thioether (sulfide) groups is 1. The first-order valence-electron chi connectivity index (χ1n) is 13.4. The fourth-order valence-electron chi connectivity index (χ4n) is 5.39. The number of nitrogens with two attached hydrogens (primary N) is 1. The molecule has 1 aromatic carbocycles. The third-order valence-corrected chi connectivity index (χ3v) is 8.47. The molecule has 0 fully saturated rings. The summed E-state index contributed by atoms with van der Waals surface area (Å²) in [5.41, 5.74) is 13.3. The SMILES string of the molecule is CN=C(/C=C(\N)CSCc1nn2c(c1-c1c(Cl)ccc3c(CCCOC(C)=O)c(C(=O)OC)n(C)c13)CCC2)CO. The van der Waals surface area contributed by atoms with E-state index in [4.69, 9.17) is 31.9 Å². The summed E-state index contributed by atoms with van der Waals surface area (Å²) in [6.07, 6.45) is 4.64. The highest BCUT2D eigenvalue weighted by molar-refractivity contribution is 7.98. The molecule has 0 saturated heterocycles. The molecule has 0 saturated carbocycles. The molecule has 0 amide bonds. The van der Waals surface area contributed by atoms with Crippen molar-refractivity contribution < 1.29 is 24.2 Å². The number of methoxy groups -OCH3 is 1. The zero-order valence-electron chi connectivity index (χ0n) is 23.8. The molecule has 1 aliphatic rings. The van der Waals surface area contributed by atoms with Crippen LogP contribution in [-0.2, 0) is 46.5 Å². The van der Waals surface area contributed by atoms with Crippen molar-refractivity contribution in [3.05, 3.63) is 51.6 Å². The Morgan fingerprint density at radius 3 is 2.78 bits per heavy atom. The number of halogens is 1. The van der Waals surface area contributed by atoms with Crippen LogP contribution in [0.25, 0.3) is 22.0 Å². The van der Waals surface area contributed by atoms with Gasteiger partial charge in [-0.3, -0.25) is 14.5 Å². The van der Waals surface area contributed by atoms with Crippen LogP contribution >= 0.6 is 23.4 Å². The number of hydrogen-bond acceptors (Lipinski definition) is 9. The van der Waals surface area contributed by atoms with Gasteiger partial charge in [0.25, 0.3) is 0 Å². The number of esters is 2. The van der Waals surface area contributed by atoms with Gasteiger partial charge >= 0.3 is 11.9 Å². The molecule has 3 aromatic rings. The maximum Gasteiger partial charge on any atom is 0.354 e. The van der Waals surface area contributed by atoms with Crippen LogP contribution in [0.5, 0.6) is 0 Å². The summed E-state index contributed by atoms with van der Waals surface area (Å²) in [6.45, 7) is 2.30. The Morgan fingerprint density at radius 2 is 2.10 bits per heavy atom. The minimum Gasteiger partial charge on any atom is -0.466 e. The molecule has 0 spiro atoms. The number of aliphatic imine (C=N–C) groups is 1. The van der Waals surface area contributed by atoms with E-state index in [1.54, 1.807) is 24.9 Å². The number of nitrogens with zero attached hydrogens (tertiary/aromatic N) is 4. The third-order valence-electron chi connectivity index (χ3n) is 7.14. The monoisotopic (exact) mass is 601 g/mol. The van der Waals surface area contributed by atoms with Gasteiger partial charge in [0.1, 0.15) is 5.69 Å². The van der Waals surface area contributed by atoms with Gasteiger partial charge < -0.3 is 24.9 Å². The molecule has 12 heteroatoms. The lowest BCUT2D eigenvalue weighted by atomic mass is 9.97. The lowest BCUT2D eigenvalue weighted by Crippen LogP contribution is -2.11. The van der Waals surface area contributed by atoms with Gasteiger partial charge in [0.15, 0.2) is 0 Å². The summed E-state index contributed by atoms with van der Waals surface area (Å²) in [5.74, 6) is 0.360.